The molecule has 3 nitrogen and oxygen atoms in total. The van der Waals surface area contributed by atoms with Gasteiger partial charge >= 0.3 is 0 Å². The largest absolute Gasteiger partial charge is 0.324 e. The highest BCUT2D eigenvalue weighted by atomic mass is 16.1. The van der Waals surface area contributed by atoms with Crippen LogP contribution in [-0.4, -0.2) is 30.8 Å². The summed E-state index contributed by atoms with van der Waals surface area (Å²) in [6.45, 7) is 2.14. The molecule has 0 aliphatic carbocycles. The van der Waals surface area contributed by atoms with Crippen molar-refractivity contribution in [3.63, 3.8) is 0 Å². The van der Waals surface area contributed by atoms with Crippen molar-refractivity contribution in [3.05, 3.63) is 34.9 Å². The maximum absolute atomic E-state index is 11.4. The van der Waals surface area contributed by atoms with Gasteiger partial charge in [0, 0.05) is 18.7 Å². The molecule has 1 aromatic rings. The van der Waals surface area contributed by atoms with Crippen LogP contribution in [0.25, 0.3) is 0 Å². The molecule has 1 aliphatic rings. The fourth-order valence-electron chi connectivity index (χ4n) is 1.99. The van der Waals surface area contributed by atoms with Crippen molar-refractivity contribution >= 4 is 5.78 Å². The summed E-state index contributed by atoms with van der Waals surface area (Å²) in [6.07, 6.45) is 1.03. The number of ketones is 1. The van der Waals surface area contributed by atoms with Gasteiger partial charge < -0.3 is 10.6 Å². The van der Waals surface area contributed by atoms with Crippen LogP contribution >= 0.6 is 0 Å². The highest BCUT2D eigenvalue weighted by Gasteiger charge is 2.14. The van der Waals surface area contributed by atoms with E-state index in [1.807, 2.05) is 18.2 Å². The molecule has 0 amide bonds. The first-order valence-corrected chi connectivity index (χ1v) is 5.24. The molecule has 15 heavy (non-hydrogen) atoms. The van der Waals surface area contributed by atoms with Crippen molar-refractivity contribution in [1.29, 1.82) is 0 Å². The zero-order valence-corrected chi connectivity index (χ0v) is 8.99. The zero-order valence-electron chi connectivity index (χ0n) is 8.99. The van der Waals surface area contributed by atoms with Gasteiger partial charge in [0.15, 0.2) is 5.78 Å². The Morgan fingerprint density at radius 2 is 2.27 bits per heavy atom. The molecule has 0 unspecified atom stereocenters. The van der Waals surface area contributed by atoms with E-state index < -0.39 is 0 Å². The van der Waals surface area contributed by atoms with E-state index >= 15 is 0 Å². The maximum Gasteiger partial charge on any atom is 0.176 e. The van der Waals surface area contributed by atoms with E-state index in [0.29, 0.717) is 0 Å². The minimum atomic E-state index is 0.0247. The number of hydrogen-bond acceptors (Lipinski definition) is 3. The number of fused-ring (bicyclic) bond motifs is 1. The van der Waals surface area contributed by atoms with Gasteiger partial charge in [-0.25, -0.2) is 0 Å². The maximum atomic E-state index is 11.4. The third kappa shape index (κ3) is 2.08. The van der Waals surface area contributed by atoms with Crippen LogP contribution in [0.5, 0.6) is 0 Å². The Labute approximate surface area is 89.9 Å². The predicted octanol–water partition coefficient (Wildman–Crippen LogP) is 0.816. The summed E-state index contributed by atoms with van der Waals surface area (Å²) in [5.74, 6) is 0.0247. The third-order valence-corrected chi connectivity index (χ3v) is 2.92. The lowest BCUT2D eigenvalue weighted by Gasteiger charge is -2.25. The smallest absolute Gasteiger partial charge is 0.176 e. The van der Waals surface area contributed by atoms with Gasteiger partial charge in [-0.3, -0.25) is 4.79 Å². The molecule has 0 atom stereocenters. The van der Waals surface area contributed by atoms with E-state index in [4.69, 9.17) is 5.73 Å². The zero-order chi connectivity index (χ0) is 10.8. The number of likely N-dealkylation sites (N-methyl/N-ethyl adjacent to an activating group) is 1. The lowest BCUT2D eigenvalue weighted by atomic mass is 9.96. The molecule has 0 aromatic heterocycles. The number of Topliss-reactive ketones (excluding diaryl/α,β-unsaturated/α-hetero) is 1. The van der Waals surface area contributed by atoms with Crippen LogP contribution in [0.4, 0.5) is 0 Å². The van der Waals surface area contributed by atoms with Crippen LogP contribution in [-0.2, 0) is 13.0 Å². The summed E-state index contributed by atoms with van der Waals surface area (Å²) in [5.41, 5.74) is 8.72. The van der Waals surface area contributed by atoms with Gasteiger partial charge in [0.1, 0.15) is 0 Å². The van der Waals surface area contributed by atoms with Crippen LogP contribution < -0.4 is 5.73 Å². The number of carbonyl (C=O) groups excluding carboxylic acids is 1. The summed E-state index contributed by atoms with van der Waals surface area (Å²) in [4.78, 5) is 13.7. The third-order valence-electron chi connectivity index (χ3n) is 2.92. The fourth-order valence-corrected chi connectivity index (χ4v) is 1.99. The van der Waals surface area contributed by atoms with E-state index in [-0.39, 0.29) is 12.3 Å². The molecule has 0 saturated carbocycles. The van der Waals surface area contributed by atoms with Crippen molar-refractivity contribution in [3.8, 4) is 0 Å². The number of nitrogens with two attached hydrogens (primary N) is 1. The number of nitrogens with zero attached hydrogens (tertiary/aromatic N) is 1. The normalized spacial score (nSPS) is 16.1. The first-order valence-electron chi connectivity index (χ1n) is 5.24. The minimum absolute atomic E-state index is 0.0247. The molecule has 1 aromatic carbocycles. The molecule has 80 valence electrons. The molecule has 1 aliphatic heterocycles. The van der Waals surface area contributed by atoms with Crippen LogP contribution in [0.15, 0.2) is 18.2 Å². The molecule has 1 heterocycles. The molecular formula is C12H16N2O. The van der Waals surface area contributed by atoms with Crippen molar-refractivity contribution in [2.45, 2.75) is 13.0 Å². The van der Waals surface area contributed by atoms with Gasteiger partial charge in [0.2, 0.25) is 0 Å². The molecule has 0 radical (unpaired) electrons. The number of rotatable bonds is 2. The van der Waals surface area contributed by atoms with Crippen LogP contribution in [0.3, 0.4) is 0 Å². The molecule has 0 bridgehead atoms. The lowest BCUT2D eigenvalue weighted by molar-refractivity contribution is 0.100. The van der Waals surface area contributed by atoms with Gasteiger partial charge in [0.25, 0.3) is 0 Å². The SMILES string of the molecule is CN1CCc2cc(C(=O)CN)ccc2C1. The quantitative estimate of drug-likeness (QED) is 0.725. The van der Waals surface area contributed by atoms with Gasteiger partial charge in [-0.15, -0.1) is 0 Å². The second-order valence-corrected chi connectivity index (χ2v) is 4.10. The van der Waals surface area contributed by atoms with Crippen molar-refractivity contribution in [2.24, 2.45) is 5.73 Å². The fraction of sp³-hybridized carbons (Fsp3) is 0.417. The number of carbonyl (C=O) groups is 1. The first kappa shape index (κ1) is 10.3. The van der Waals surface area contributed by atoms with Crippen molar-refractivity contribution in [2.75, 3.05) is 20.1 Å². The van der Waals surface area contributed by atoms with Crippen LogP contribution in [0, 0.1) is 0 Å². The van der Waals surface area contributed by atoms with Crippen LogP contribution in [0.2, 0.25) is 0 Å². The van der Waals surface area contributed by atoms with Crippen molar-refractivity contribution in [1.82, 2.24) is 4.90 Å². The van der Waals surface area contributed by atoms with E-state index in [0.717, 1.165) is 25.1 Å². The Bertz CT molecular complexity index is 387. The second-order valence-electron chi connectivity index (χ2n) is 4.10. The molecule has 2 N–H and O–H groups in total. The molecule has 0 fully saturated rings. The van der Waals surface area contributed by atoms with E-state index in [1.54, 1.807) is 0 Å². The summed E-state index contributed by atoms with van der Waals surface area (Å²) < 4.78 is 0. The Kier molecular flexibility index (Phi) is 2.84. The highest BCUT2D eigenvalue weighted by molar-refractivity contribution is 5.97. The standard InChI is InChI=1S/C12H16N2O/c1-14-5-4-9-6-10(12(15)7-13)2-3-11(9)8-14/h2-3,6H,4-5,7-8,13H2,1H3. The summed E-state index contributed by atoms with van der Waals surface area (Å²) in [7, 11) is 2.11. The Morgan fingerprint density at radius 3 is 3.00 bits per heavy atom. The van der Waals surface area contributed by atoms with Gasteiger partial charge in [-0.2, -0.15) is 0 Å². The van der Waals surface area contributed by atoms with E-state index in [1.165, 1.54) is 11.1 Å². The Balaban J connectivity index is 2.30. The Hall–Kier alpha value is -1.19. The van der Waals surface area contributed by atoms with Crippen molar-refractivity contribution < 1.29 is 4.79 Å². The van der Waals surface area contributed by atoms with Crippen LogP contribution in [0.1, 0.15) is 21.5 Å². The second kappa shape index (κ2) is 4.13. The average molecular weight is 204 g/mol. The van der Waals surface area contributed by atoms with E-state index in [2.05, 4.69) is 11.9 Å². The molecule has 0 spiro atoms. The van der Waals surface area contributed by atoms with Gasteiger partial charge in [-0.1, -0.05) is 12.1 Å². The summed E-state index contributed by atoms with van der Waals surface area (Å²) in [6, 6.07) is 5.93. The topological polar surface area (TPSA) is 46.3 Å². The Morgan fingerprint density at radius 1 is 1.47 bits per heavy atom. The first-order chi connectivity index (χ1) is 7.20. The number of hydrogen-bond donors (Lipinski definition) is 1. The number of benzene rings is 1. The molecular weight excluding hydrogens is 188 g/mol. The molecule has 0 saturated heterocycles. The highest BCUT2D eigenvalue weighted by Crippen LogP contribution is 2.19. The molecule has 3 heteroatoms. The van der Waals surface area contributed by atoms with Gasteiger partial charge in [-0.05, 0) is 30.7 Å². The minimum Gasteiger partial charge on any atom is -0.324 e. The van der Waals surface area contributed by atoms with Gasteiger partial charge in [0.05, 0.1) is 6.54 Å². The monoisotopic (exact) mass is 204 g/mol. The molecule has 2 rings (SSSR count). The average Bonchev–Trinajstić information content (AvgIpc) is 2.27. The predicted molar refractivity (Wildman–Crippen MR) is 59.9 cm³/mol. The summed E-state index contributed by atoms with van der Waals surface area (Å²) >= 11 is 0. The summed E-state index contributed by atoms with van der Waals surface area (Å²) in [5, 5.41) is 0. The van der Waals surface area contributed by atoms with E-state index in [9.17, 15) is 4.79 Å². The lowest BCUT2D eigenvalue weighted by Crippen LogP contribution is -2.26.